The number of benzene rings is 2. The predicted octanol–water partition coefficient (Wildman–Crippen LogP) is 4.59. The summed E-state index contributed by atoms with van der Waals surface area (Å²) in [5, 5.41) is 0. The molecule has 2 heterocycles. The van der Waals surface area contributed by atoms with Crippen molar-refractivity contribution in [1.82, 2.24) is 0 Å². The third-order valence-corrected chi connectivity index (χ3v) is 6.19. The first-order valence-electron chi connectivity index (χ1n) is 12.7. The Morgan fingerprint density at radius 2 is 1.08 bits per heavy atom. The van der Waals surface area contributed by atoms with Crippen LogP contribution in [0.5, 0.6) is 11.5 Å². The van der Waals surface area contributed by atoms with Gasteiger partial charge >= 0.3 is 11.9 Å². The molecule has 0 saturated carbocycles. The molecular weight excluding hydrogens is 464 g/mol. The SMILES string of the molecule is CCCCOc1ccc(C(=O)OC2CO[C@@H]3[C@@H](OC(=O)c4ccc(OCCCC)cc4)CO[C@H]23)cc1. The molecule has 1 unspecified atom stereocenters. The van der Waals surface area contributed by atoms with Crippen LogP contribution in [0, 0.1) is 0 Å². The molecule has 8 nitrogen and oxygen atoms in total. The van der Waals surface area contributed by atoms with Crippen LogP contribution in [0.25, 0.3) is 0 Å². The highest BCUT2D eigenvalue weighted by atomic mass is 16.7. The first-order valence-corrected chi connectivity index (χ1v) is 12.7. The number of esters is 2. The number of hydrogen-bond acceptors (Lipinski definition) is 8. The van der Waals surface area contributed by atoms with Gasteiger partial charge in [0.15, 0.2) is 12.2 Å². The van der Waals surface area contributed by atoms with E-state index in [1.54, 1.807) is 48.5 Å². The maximum atomic E-state index is 12.6. The number of carbonyl (C=O) groups excluding carboxylic acids is 2. The lowest BCUT2D eigenvalue weighted by Crippen LogP contribution is -2.36. The molecule has 2 saturated heterocycles. The van der Waals surface area contributed by atoms with Crippen LogP contribution in [0.15, 0.2) is 48.5 Å². The molecular formula is C28H34O8. The van der Waals surface area contributed by atoms with Crippen molar-refractivity contribution in [2.75, 3.05) is 26.4 Å². The largest absolute Gasteiger partial charge is 0.494 e. The number of unbranched alkanes of at least 4 members (excludes halogenated alkanes) is 2. The van der Waals surface area contributed by atoms with Gasteiger partial charge < -0.3 is 28.4 Å². The van der Waals surface area contributed by atoms with Gasteiger partial charge in [-0.05, 0) is 61.4 Å². The number of carbonyl (C=O) groups is 2. The molecule has 0 aliphatic carbocycles. The molecule has 2 aliphatic rings. The van der Waals surface area contributed by atoms with Crippen LogP contribution in [0.4, 0.5) is 0 Å². The van der Waals surface area contributed by atoms with Crippen LogP contribution in [0.1, 0.15) is 60.2 Å². The molecule has 2 aliphatic heterocycles. The Kier molecular flexibility index (Phi) is 9.19. The van der Waals surface area contributed by atoms with E-state index < -0.39 is 36.4 Å². The van der Waals surface area contributed by atoms with Gasteiger partial charge in [-0.2, -0.15) is 0 Å². The van der Waals surface area contributed by atoms with Gasteiger partial charge in [-0.25, -0.2) is 9.59 Å². The fraction of sp³-hybridized carbons (Fsp3) is 0.500. The van der Waals surface area contributed by atoms with E-state index in [4.69, 9.17) is 28.4 Å². The number of ether oxygens (including phenoxy) is 6. The summed E-state index contributed by atoms with van der Waals surface area (Å²) in [6.45, 7) is 5.84. The highest BCUT2D eigenvalue weighted by Crippen LogP contribution is 2.31. The highest BCUT2D eigenvalue weighted by molar-refractivity contribution is 5.90. The van der Waals surface area contributed by atoms with E-state index in [9.17, 15) is 9.59 Å². The fourth-order valence-corrected chi connectivity index (χ4v) is 4.09. The van der Waals surface area contributed by atoms with Gasteiger partial charge in [-0.3, -0.25) is 0 Å². The van der Waals surface area contributed by atoms with Crippen molar-refractivity contribution in [2.24, 2.45) is 0 Å². The van der Waals surface area contributed by atoms with E-state index in [1.807, 2.05) is 0 Å². The van der Waals surface area contributed by atoms with Crippen LogP contribution in [-0.4, -0.2) is 62.8 Å². The first-order chi connectivity index (χ1) is 17.6. The lowest BCUT2D eigenvalue weighted by atomic mass is 10.1. The summed E-state index contributed by atoms with van der Waals surface area (Å²) in [6, 6.07) is 13.7. The van der Waals surface area contributed by atoms with Crippen LogP contribution in [0.3, 0.4) is 0 Å². The third-order valence-electron chi connectivity index (χ3n) is 6.19. The normalized spacial score (nSPS) is 22.6. The van der Waals surface area contributed by atoms with Crippen molar-refractivity contribution in [3.63, 3.8) is 0 Å². The minimum atomic E-state index is -0.578. The van der Waals surface area contributed by atoms with Gasteiger partial charge in [0.25, 0.3) is 0 Å². The molecule has 4 rings (SSSR count). The second kappa shape index (κ2) is 12.7. The average Bonchev–Trinajstić information content (AvgIpc) is 3.48. The van der Waals surface area contributed by atoms with E-state index >= 15 is 0 Å². The van der Waals surface area contributed by atoms with Crippen LogP contribution < -0.4 is 9.47 Å². The summed E-state index contributed by atoms with van der Waals surface area (Å²) < 4.78 is 34.2. The monoisotopic (exact) mass is 498 g/mol. The van der Waals surface area contributed by atoms with Crippen LogP contribution in [-0.2, 0) is 18.9 Å². The number of fused-ring (bicyclic) bond motifs is 1. The lowest BCUT2D eigenvalue weighted by molar-refractivity contribution is -0.0287. The summed E-state index contributed by atoms with van der Waals surface area (Å²) >= 11 is 0. The molecule has 4 atom stereocenters. The molecule has 2 fully saturated rings. The highest BCUT2D eigenvalue weighted by Gasteiger charge is 2.51. The average molecular weight is 499 g/mol. The molecule has 36 heavy (non-hydrogen) atoms. The van der Waals surface area contributed by atoms with Gasteiger partial charge in [0, 0.05) is 0 Å². The van der Waals surface area contributed by atoms with Gasteiger partial charge in [0.05, 0.1) is 37.6 Å². The van der Waals surface area contributed by atoms with Gasteiger partial charge in [0.1, 0.15) is 23.7 Å². The molecule has 0 aromatic heterocycles. The summed E-state index contributed by atoms with van der Waals surface area (Å²) in [7, 11) is 0. The van der Waals surface area contributed by atoms with Crippen molar-refractivity contribution < 1.29 is 38.0 Å². The third kappa shape index (κ3) is 6.56. The summed E-state index contributed by atoms with van der Waals surface area (Å²) in [4.78, 5) is 25.3. The van der Waals surface area contributed by atoms with E-state index in [0.717, 1.165) is 25.7 Å². The Hall–Kier alpha value is -3.10. The maximum absolute atomic E-state index is 12.6. The second-order valence-electron chi connectivity index (χ2n) is 8.94. The van der Waals surface area contributed by atoms with Gasteiger partial charge in [0.2, 0.25) is 0 Å². The zero-order valence-corrected chi connectivity index (χ0v) is 20.9. The standard InChI is InChI=1S/C28H34O8/c1-3-5-15-31-21-11-7-19(8-12-21)27(29)35-23-17-33-26-24(18-34-25(23)26)36-28(30)20-9-13-22(14-10-20)32-16-6-4-2/h7-14,23-26H,3-6,15-18H2,1-2H3/t23-,24?,25+,26+/m0/s1. The topological polar surface area (TPSA) is 89.5 Å². The van der Waals surface area contributed by atoms with E-state index in [0.29, 0.717) is 35.8 Å². The maximum Gasteiger partial charge on any atom is 0.338 e. The smallest absolute Gasteiger partial charge is 0.338 e. The van der Waals surface area contributed by atoms with Crippen molar-refractivity contribution >= 4 is 11.9 Å². The van der Waals surface area contributed by atoms with E-state index in [1.165, 1.54) is 0 Å². The fourth-order valence-electron chi connectivity index (χ4n) is 4.09. The predicted molar refractivity (Wildman–Crippen MR) is 132 cm³/mol. The molecule has 0 spiro atoms. The minimum Gasteiger partial charge on any atom is -0.494 e. The Morgan fingerprint density at radius 3 is 1.44 bits per heavy atom. The van der Waals surface area contributed by atoms with Crippen LogP contribution >= 0.6 is 0 Å². The van der Waals surface area contributed by atoms with E-state index in [-0.39, 0.29) is 13.2 Å². The zero-order chi connectivity index (χ0) is 25.3. The zero-order valence-electron chi connectivity index (χ0n) is 20.9. The quantitative estimate of drug-likeness (QED) is 0.310. The van der Waals surface area contributed by atoms with Crippen molar-refractivity contribution in [2.45, 2.75) is 63.9 Å². The summed E-state index contributed by atoms with van der Waals surface area (Å²) in [5.41, 5.74) is 0.841. The number of hydrogen-bond donors (Lipinski definition) is 0. The Balaban J connectivity index is 1.26. The molecule has 0 bridgehead atoms. The van der Waals surface area contributed by atoms with Crippen molar-refractivity contribution in [1.29, 1.82) is 0 Å². The Labute approximate surface area is 211 Å². The molecule has 0 amide bonds. The first kappa shape index (κ1) is 26.0. The molecule has 8 heteroatoms. The molecule has 194 valence electrons. The Bertz CT molecular complexity index is 906. The van der Waals surface area contributed by atoms with Crippen molar-refractivity contribution in [3.8, 4) is 11.5 Å². The van der Waals surface area contributed by atoms with E-state index in [2.05, 4.69) is 13.8 Å². The number of rotatable bonds is 12. The van der Waals surface area contributed by atoms with Crippen molar-refractivity contribution in [3.05, 3.63) is 59.7 Å². The lowest BCUT2D eigenvalue weighted by Gasteiger charge is -2.17. The molecule has 2 aromatic rings. The van der Waals surface area contributed by atoms with Gasteiger partial charge in [-0.1, -0.05) is 26.7 Å². The molecule has 0 N–H and O–H groups in total. The van der Waals surface area contributed by atoms with Crippen LogP contribution in [0.2, 0.25) is 0 Å². The minimum absolute atomic E-state index is 0.178. The summed E-state index contributed by atoms with van der Waals surface area (Å²) in [5.74, 6) is 0.503. The molecule has 2 aromatic carbocycles. The second-order valence-corrected chi connectivity index (χ2v) is 8.94. The van der Waals surface area contributed by atoms with Gasteiger partial charge in [-0.15, -0.1) is 0 Å². The summed E-state index contributed by atoms with van der Waals surface area (Å²) in [6.07, 6.45) is 1.93. The molecule has 0 radical (unpaired) electrons. The Morgan fingerprint density at radius 1 is 0.694 bits per heavy atom.